The number of phenols is 1. The summed E-state index contributed by atoms with van der Waals surface area (Å²) in [6.45, 7) is 19.8. The van der Waals surface area contributed by atoms with E-state index in [0.717, 1.165) is 10.9 Å². The van der Waals surface area contributed by atoms with Gasteiger partial charge in [0, 0.05) is 33.9 Å². The third kappa shape index (κ3) is 7.42. The number of aryl methyl sites for hydroxylation is 2. The van der Waals surface area contributed by atoms with E-state index in [1.54, 1.807) is 0 Å². The molecular formula is C24H36Cl2NOPTi. The third-order valence-corrected chi connectivity index (χ3v) is 6.51. The van der Waals surface area contributed by atoms with Crippen LogP contribution in [0.25, 0.3) is 0 Å². The van der Waals surface area contributed by atoms with Crippen LogP contribution in [0.2, 0.25) is 0 Å². The van der Waals surface area contributed by atoms with E-state index in [1.807, 2.05) is 0 Å². The maximum absolute atomic E-state index is 11.0. The van der Waals surface area contributed by atoms with Gasteiger partial charge in [0.05, 0.1) is 0 Å². The zero-order valence-electron chi connectivity index (χ0n) is 19.7. The Hall–Kier alpha value is -0.236. The quantitative estimate of drug-likeness (QED) is 0.353. The van der Waals surface area contributed by atoms with Crippen molar-refractivity contribution < 1.29 is 22.1 Å². The Morgan fingerprint density at radius 1 is 1.00 bits per heavy atom. The number of nitrogens with zero attached hydrogens (tertiary/aromatic N) is 1. The molecule has 0 bridgehead atoms. The van der Waals surface area contributed by atoms with Gasteiger partial charge in [-0.1, -0.05) is 47.6 Å². The van der Waals surface area contributed by atoms with Crippen LogP contribution in [0, 0.1) is 13.8 Å². The molecule has 2 aromatic rings. The molecule has 2 aromatic carbocycles. The van der Waals surface area contributed by atoms with Crippen LogP contribution in [-0.4, -0.2) is 17.2 Å². The number of rotatable bonds is 5. The molecule has 166 valence electrons. The van der Waals surface area contributed by atoms with E-state index in [-0.39, 0.29) is 5.41 Å². The molecule has 1 atom stereocenters. The van der Waals surface area contributed by atoms with Crippen molar-refractivity contribution >= 4 is 43.5 Å². The Morgan fingerprint density at radius 3 is 2.00 bits per heavy atom. The second kappa shape index (κ2) is 12.1. The van der Waals surface area contributed by atoms with Crippen LogP contribution >= 0.6 is 27.2 Å². The van der Waals surface area contributed by atoms with Crippen molar-refractivity contribution in [2.45, 2.75) is 79.8 Å². The summed E-state index contributed by atoms with van der Waals surface area (Å²) in [4.78, 5) is 2.48. The Bertz CT molecular complexity index is 827. The van der Waals surface area contributed by atoms with Gasteiger partial charge in [-0.05, 0) is 70.2 Å². The van der Waals surface area contributed by atoms with E-state index in [9.17, 15) is 5.11 Å². The summed E-state index contributed by atoms with van der Waals surface area (Å²) in [6, 6.07) is 11.7. The number of hydrogen-bond donors (Lipinski definition) is 1. The monoisotopic (exact) mass is 503 g/mol. The van der Waals surface area contributed by atoms with E-state index in [0.29, 0.717) is 26.4 Å². The fourth-order valence-electron chi connectivity index (χ4n) is 3.76. The fourth-order valence-corrected chi connectivity index (χ4v) is 5.21. The Balaban J connectivity index is 0.00000141. The minimum absolute atomic E-state index is 0.0776. The summed E-state index contributed by atoms with van der Waals surface area (Å²) in [5, 5.41) is 13.4. The summed E-state index contributed by atoms with van der Waals surface area (Å²) in [5.74, 6) is 0.460. The molecule has 6 heteroatoms. The molecule has 0 aromatic heterocycles. The maximum atomic E-state index is 11.0. The molecule has 0 aliphatic carbocycles. The van der Waals surface area contributed by atoms with Crippen LogP contribution in [0.4, 0.5) is 5.69 Å². The van der Waals surface area contributed by atoms with Crippen LogP contribution < -0.4 is 15.5 Å². The first-order valence-corrected chi connectivity index (χ1v) is 15.6. The number of aromatic hydroxyl groups is 1. The van der Waals surface area contributed by atoms with Crippen LogP contribution in [-0.2, 0) is 22.4 Å². The molecule has 0 aliphatic rings. The molecule has 0 amide bonds. The van der Waals surface area contributed by atoms with Crippen molar-refractivity contribution in [1.82, 2.24) is 0 Å². The first-order chi connectivity index (χ1) is 13.8. The number of phenolic OH excluding ortho intramolecular Hbond substituents is 1. The predicted molar refractivity (Wildman–Crippen MR) is 135 cm³/mol. The molecule has 2 nitrogen and oxygen atoms in total. The predicted octanol–water partition coefficient (Wildman–Crippen LogP) is 6.94. The van der Waals surface area contributed by atoms with Crippen LogP contribution in [0.15, 0.2) is 30.3 Å². The summed E-state index contributed by atoms with van der Waals surface area (Å²) >= 11 is -0.556. The molecule has 0 fully saturated rings. The Labute approximate surface area is 202 Å². The third-order valence-electron chi connectivity index (χ3n) is 4.96. The van der Waals surface area contributed by atoms with E-state index >= 15 is 0 Å². The van der Waals surface area contributed by atoms with Crippen molar-refractivity contribution in [2.24, 2.45) is 0 Å². The second-order valence-electron chi connectivity index (χ2n) is 9.22. The number of hydrogen-bond acceptors (Lipinski definition) is 2. The van der Waals surface area contributed by atoms with Gasteiger partial charge in [0.2, 0.25) is 0 Å². The van der Waals surface area contributed by atoms with Crippen molar-refractivity contribution in [3.05, 3.63) is 47.0 Å². The molecule has 30 heavy (non-hydrogen) atoms. The van der Waals surface area contributed by atoms with Crippen molar-refractivity contribution in [3.63, 3.8) is 0 Å². The number of anilines is 1. The SMILES string of the molecule is Cc1cc(Pc2c(C)cccc2N(C(C)C)C(C)C)c(O)c(C(C)(C)C)c1.[Cl][Ti][Cl]. The molecule has 1 N–H and O–H groups in total. The molecule has 0 heterocycles. The van der Waals surface area contributed by atoms with Crippen molar-refractivity contribution in [1.29, 1.82) is 0 Å². The summed E-state index contributed by atoms with van der Waals surface area (Å²) in [5.41, 5.74) is 4.74. The van der Waals surface area contributed by atoms with Gasteiger partial charge in [-0.15, -0.1) is 0 Å². The van der Waals surface area contributed by atoms with E-state index in [4.69, 9.17) is 18.6 Å². The van der Waals surface area contributed by atoms with Gasteiger partial charge in [0.15, 0.2) is 0 Å². The van der Waals surface area contributed by atoms with Gasteiger partial charge < -0.3 is 10.0 Å². The van der Waals surface area contributed by atoms with Crippen molar-refractivity contribution in [2.75, 3.05) is 4.90 Å². The second-order valence-corrected chi connectivity index (χ2v) is 13.1. The average molecular weight is 504 g/mol. The zero-order chi connectivity index (χ0) is 23.2. The standard InChI is InChI=1S/C24H36NOP.2ClH.Ti/c1-15(2)25(16(3)4)20-12-10-11-18(6)23(20)27-21-14-17(5)13-19(22(21)26)24(7,8)9;;;/h10-16,26-27H,1-9H3;2*1H;/q;;;+2/p-2. The number of benzene rings is 2. The fraction of sp³-hybridized carbons (Fsp3) is 0.500. The summed E-state index contributed by atoms with van der Waals surface area (Å²) < 4.78 is 0. The Morgan fingerprint density at radius 2 is 1.53 bits per heavy atom. The van der Waals surface area contributed by atoms with Gasteiger partial charge in [-0.2, -0.15) is 0 Å². The van der Waals surface area contributed by atoms with Crippen molar-refractivity contribution in [3.8, 4) is 5.75 Å². The normalized spacial score (nSPS) is 11.8. The summed E-state index contributed by atoms with van der Waals surface area (Å²) in [7, 11) is 10.2. The average Bonchev–Trinajstić information content (AvgIpc) is 2.59. The van der Waals surface area contributed by atoms with Gasteiger partial charge in [0.1, 0.15) is 5.75 Å². The van der Waals surface area contributed by atoms with Gasteiger partial charge in [-0.25, -0.2) is 0 Å². The zero-order valence-corrected chi connectivity index (χ0v) is 23.8. The molecule has 0 spiro atoms. The molecular weight excluding hydrogens is 468 g/mol. The molecule has 0 aliphatic heterocycles. The molecule has 1 unspecified atom stereocenters. The van der Waals surface area contributed by atoms with Crippen LogP contribution in [0.3, 0.4) is 0 Å². The van der Waals surface area contributed by atoms with Gasteiger partial charge in [-0.3, -0.25) is 0 Å². The van der Waals surface area contributed by atoms with E-state index in [1.165, 1.54) is 22.1 Å². The van der Waals surface area contributed by atoms with Gasteiger partial charge >= 0.3 is 35.6 Å². The Kier molecular flexibility index (Phi) is 11.2. The summed E-state index contributed by atoms with van der Waals surface area (Å²) in [6.07, 6.45) is 0. The minimum atomic E-state index is -0.556. The van der Waals surface area contributed by atoms with Crippen LogP contribution in [0.5, 0.6) is 5.75 Å². The number of halogens is 2. The first kappa shape index (κ1) is 27.8. The topological polar surface area (TPSA) is 23.5 Å². The molecule has 0 saturated heterocycles. The van der Waals surface area contributed by atoms with Crippen LogP contribution in [0.1, 0.15) is 65.2 Å². The first-order valence-electron chi connectivity index (χ1n) is 10.3. The molecule has 2 rings (SSSR count). The molecule has 0 saturated carbocycles. The molecule has 0 radical (unpaired) electrons. The van der Waals surface area contributed by atoms with E-state index in [2.05, 4.69) is 97.5 Å². The van der Waals surface area contributed by atoms with Gasteiger partial charge in [0.25, 0.3) is 0 Å². The van der Waals surface area contributed by atoms with E-state index < -0.39 is 17.0 Å².